The van der Waals surface area contributed by atoms with Gasteiger partial charge in [-0.15, -0.1) is 13.2 Å². The minimum absolute atomic E-state index is 0.0981. The lowest BCUT2D eigenvalue weighted by Crippen LogP contribution is -2.51. The SMILES string of the molecule is CC1CCc2cc(F)cc3c2N1C(CN1CCC(c2cccc(OC(F)(F)F)c2)CC1)N3. The minimum atomic E-state index is -4.68. The maximum Gasteiger partial charge on any atom is 0.573 e. The van der Waals surface area contributed by atoms with Gasteiger partial charge in [0, 0.05) is 12.6 Å². The number of rotatable bonds is 4. The fraction of sp³-hybridized carbons (Fsp3) is 0.500. The van der Waals surface area contributed by atoms with Crippen LogP contribution in [-0.2, 0) is 6.42 Å². The van der Waals surface area contributed by atoms with Crippen LogP contribution in [0.2, 0.25) is 0 Å². The zero-order valence-electron chi connectivity index (χ0n) is 18.0. The summed E-state index contributed by atoms with van der Waals surface area (Å²) >= 11 is 0. The summed E-state index contributed by atoms with van der Waals surface area (Å²) < 4.78 is 55.7. The van der Waals surface area contributed by atoms with Crippen LogP contribution in [0, 0.1) is 5.82 Å². The molecule has 1 saturated heterocycles. The van der Waals surface area contributed by atoms with Gasteiger partial charge in [0.15, 0.2) is 0 Å². The number of ether oxygens (including phenoxy) is 1. The van der Waals surface area contributed by atoms with E-state index < -0.39 is 6.36 Å². The summed E-state index contributed by atoms with van der Waals surface area (Å²) in [6.07, 6.45) is -0.917. The molecule has 32 heavy (non-hydrogen) atoms. The van der Waals surface area contributed by atoms with Crippen LogP contribution in [0.4, 0.5) is 28.9 Å². The van der Waals surface area contributed by atoms with E-state index >= 15 is 0 Å². The Morgan fingerprint density at radius 1 is 1.09 bits per heavy atom. The van der Waals surface area contributed by atoms with Crippen LogP contribution in [0.25, 0.3) is 0 Å². The van der Waals surface area contributed by atoms with E-state index in [1.807, 2.05) is 6.07 Å². The van der Waals surface area contributed by atoms with Crippen LogP contribution in [-0.4, -0.2) is 43.1 Å². The molecule has 2 aromatic carbocycles. The molecule has 0 aromatic heterocycles. The molecule has 172 valence electrons. The number of hydrogen-bond acceptors (Lipinski definition) is 4. The lowest BCUT2D eigenvalue weighted by atomic mass is 9.89. The molecule has 0 saturated carbocycles. The fourth-order valence-electron chi connectivity index (χ4n) is 5.49. The molecule has 8 heteroatoms. The van der Waals surface area contributed by atoms with Gasteiger partial charge in [-0.2, -0.15) is 0 Å². The third-order valence-corrected chi connectivity index (χ3v) is 6.96. The second-order valence-electron chi connectivity index (χ2n) is 9.11. The second-order valence-corrected chi connectivity index (χ2v) is 9.11. The number of benzene rings is 2. The normalized spacial score (nSPS) is 23.7. The highest BCUT2D eigenvalue weighted by Gasteiger charge is 2.38. The van der Waals surface area contributed by atoms with Gasteiger partial charge in [-0.05, 0) is 87.0 Å². The van der Waals surface area contributed by atoms with Gasteiger partial charge in [0.25, 0.3) is 0 Å². The summed E-state index contributed by atoms with van der Waals surface area (Å²) in [4.78, 5) is 4.80. The first-order valence-electron chi connectivity index (χ1n) is 11.2. The predicted octanol–water partition coefficient (Wildman–Crippen LogP) is 5.50. The van der Waals surface area contributed by atoms with Crippen molar-refractivity contribution >= 4 is 11.4 Å². The Hall–Kier alpha value is -2.48. The van der Waals surface area contributed by atoms with Gasteiger partial charge in [-0.1, -0.05) is 12.1 Å². The number of nitrogens with zero attached hydrogens (tertiary/aromatic N) is 2. The monoisotopic (exact) mass is 449 g/mol. The van der Waals surface area contributed by atoms with E-state index in [9.17, 15) is 17.6 Å². The Morgan fingerprint density at radius 3 is 2.62 bits per heavy atom. The number of alkyl halides is 3. The highest BCUT2D eigenvalue weighted by molar-refractivity contribution is 5.80. The zero-order chi connectivity index (χ0) is 22.5. The number of hydrogen-bond donors (Lipinski definition) is 1. The first kappa shape index (κ1) is 21.4. The summed E-state index contributed by atoms with van der Waals surface area (Å²) in [7, 11) is 0. The highest BCUT2D eigenvalue weighted by Crippen LogP contribution is 2.44. The summed E-state index contributed by atoms with van der Waals surface area (Å²) in [6.45, 7) is 4.78. The third kappa shape index (κ3) is 4.25. The van der Waals surface area contributed by atoms with Gasteiger partial charge < -0.3 is 15.0 Å². The van der Waals surface area contributed by atoms with E-state index in [0.717, 1.165) is 67.8 Å². The first-order valence-corrected chi connectivity index (χ1v) is 11.2. The van der Waals surface area contributed by atoms with Gasteiger partial charge in [0.1, 0.15) is 17.7 Å². The van der Waals surface area contributed by atoms with Crippen molar-refractivity contribution in [2.24, 2.45) is 0 Å². The molecule has 0 spiro atoms. The molecule has 1 N–H and O–H groups in total. The molecule has 5 rings (SSSR count). The van der Waals surface area contributed by atoms with Gasteiger partial charge in [0.2, 0.25) is 0 Å². The van der Waals surface area contributed by atoms with Crippen LogP contribution in [0.3, 0.4) is 0 Å². The van der Waals surface area contributed by atoms with Gasteiger partial charge in [0.05, 0.1) is 11.4 Å². The van der Waals surface area contributed by atoms with Crippen molar-refractivity contribution in [2.45, 2.75) is 57.1 Å². The summed E-state index contributed by atoms with van der Waals surface area (Å²) in [5.74, 6) is -0.141. The standard InChI is InChI=1S/C24H27F4N3O/c1-15-5-6-18-11-19(25)13-21-23(18)31(15)22(29-21)14-30-9-7-16(8-10-30)17-3-2-4-20(12-17)32-24(26,27)28/h2-4,11-13,15-16,22,29H,5-10,14H2,1H3. The largest absolute Gasteiger partial charge is 0.573 e. The molecule has 1 fully saturated rings. The van der Waals surface area contributed by atoms with Crippen molar-refractivity contribution in [3.63, 3.8) is 0 Å². The molecule has 0 bridgehead atoms. The number of anilines is 2. The van der Waals surface area contributed by atoms with Crippen molar-refractivity contribution in [2.75, 3.05) is 29.9 Å². The smallest absolute Gasteiger partial charge is 0.406 e. The van der Waals surface area contributed by atoms with Gasteiger partial charge in [-0.25, -0.2) is 4.39 Å². The van der Waals surface area contributed by atoms with E-state index in [0.29, 0.717) is 6.04 Å². The molecule has 0 aliphatic carbocycles. The maximum atomic E-state index is 14.0. The number of likely N-dealkylation sites (tertiary alicyclic amines) is 1. The Kier molecular flexibility index (Phi) is 5.43. The van der Waals surface area contributed by atoms with Crippen molar-refractivity contribution in [3.8, 4) is 5.75 Å². The quantitative estimate of drug-likeness (QED) is 0.624. The number of piperidine rings is 1. The van der Waals surface area contributed by atoms with Crippen molar-refractivity contribution in [1.29, 1.82) is 0 Å². The van der Waals surface area contributed by atoms with Crippen molar-refractivity contribution in [3.05, 3.63) is 53.3 Å². The summed E-state index contributed by atoms with van der Waals surface area (Å²) in [5.41, 5.74) is 4.00. The fourth-order valence-corrected chi connectivity index (χ4v) is 5.49. The van der Waals surface area contributed by atoms with Crippen LogP contribution >= 0.6 is 0 Å². The molecule has 4 nitrogen and oxygen atoms in total. The molecule has 3 heterocycles. The Morgan fingerprint density at radius 2 is 1.88 bits per heavy atom. The molecule has 2 unspecified atom stereocenters. The van der Waals surface area contributed by atoms with E-state index in [2.05, 4.69) is 26.8 Å². The average Bonchev–Trinajstić information content (AvgIpc) is 3.09. The van der Waals surface area contributed by atoms with Crippen LogP contribution < -0.4 is 15.0 Å². The molecule has 3 aliphatic heterocycles. The van der Waals surface area contributed by atoms with E-state index in [1.54, 1.807) is 18.2 Å². The second kappa shape index (κ2) is 8.14. The summed E-state index contributed by atoms with van der Waals surface area (Å²) in [6, 6.07) is 9.98. The van der Waals surface area contributed by atoms with Gasteiger partial charge in [-0.3, -0.25) is 4.90 Å². The van der Waals surface area contributed by atoms with Crippen LogP contribution in [0.5, 0.6) is 5.75 Å². The molecule has 3 aliphatic rings. The summed E-state index contributed by atoms with van der Waals surface area (Å²) in [5, 5.41) is 3.53. The van der Waals surface area contributed by atoms with Gasteiger partial charge >= 0.3 is 6.36 Å². The average molecular weight is 449 g/mol. The van der Waals surface area contributed by atoms with E-state index in [1.165, 1.54) is 12.1 Å². The Bertz CT molecular complexity index is 988. The van der Waals surface area contributed by atoms with E-state index in [-0.39, 0.29) is 23.7 Å². The maximum absolute atomic E-state index is 14.0. The molecule has 0 radical (unpaired) electrons. The van der Waals surface area contributed by atoms with Crippen LogP contribution in [0.1, 0.15) is 43.2 Å². The Labute approximate surface area is 185 Å². The van der Waals surface area contributed by atoms with Crippen LogP contribution in [0.15, 0.2) is 36.4 Å². The number of halogens is 4. The topological polar surface area (TPSA) is 27.7 Å². The lowest BCUT2D eigenvalue weighted by molar-refractivity contribution is -0.274. The Balaban J connectivity index is 1.23. The molecule has 2 aromatic rings. The minimum Gasteiger partial charge on any atom is -0.406 e. The van der Waals surface area contributed by atoms with Crippen molar-refractivity contribution < 1.29 is 22.3 Å². The molecular weight excluding hydrogens is 422 g/mol. The lowest BCUT2D eigenvalue weighted by Gasteiger charge is -2.40. The molecular formula is C24H27F4N3O. The number of aryl methyl sites for hydroxylation is 1. The van der Waals surface area contributed by atoms with Crippen molar-refractivity contribution in [1.82, 2.24) is 4.90 Å². The number of nitrogens with one attached hydrogen (secondary N) is 1. The molecule has 0 amide bonds. The predicted molar refractivity (Wildman–Crippen MR) is 116 cm³/mol. The first-order chi connectivity index (χ1) is 15.3. The van der Waals surface area contributed by atoms with E-state index in [4.69, 9.17) is 0 Å². The third-order valence-electron chi connectivity index (χ3n) is 6.96. The zero-order valence-corrected chi connectivity index (χ0v) is 18.0. The molecule has 2 atom stereocenters. The highest BCUT2D eigenvalue weighted by atomic mass is 19.4.